The summed E-state index contributed by atoms with van der Waals surface area (Å²) in [5.74, 6) is 3.47. The fraction of sp³-hybridized carbons (Fsp3) is 0.357. The maximum atomic E-state index is 9.64. The van der Waals surface area contributed by atoms with E-state index in [1.807, 2.05) is 36.4 Å². The van der Waals surface area contributed by atoms with Crippen molar-refractivity contribution in [3.05, 3.63) is 52.8 Å². The van der Waals surface area contributed by atoms with Crippen LogP contribution in [0.5, 0.6) is 23.0 Å². The predicted molar refractivity (Wildman–Crippen MR) is 160 cm³/mol. The van der Waals surface area contributed by atoms with Gasteiger partial charge in [0.25, 0.3) is 0 Å². The number of anilines is 3. The molecule has 4 N–H and O–H groups in total. The molecule has 0 amide bonds. The van der Waals surface area contributed by atoms with Crippen LogP contribution in [0.3, 0.4) is 0 Å². The van der Waals surface area contributed by atoms with Gasteiger partial charge in [-0.1, -0.05) is 12.1 Å². The first-order valence-electron chi connectivity index (χ1n) is 13.1. The maximum Gasteiger partial charge on any atom is 0.228 e. The molecule has 4 aromatic rings. The van der Waals surface area contributed by atoms with Gasteiger partial charge in [0, 0.05) is 26.2 Å². The van der Waals surface area contributed by atoms with Crippen LogP contribution in [0.2, 0.25) is 5.28 Å². The van der Waals surface area contributed by atoms with E-state index in [1.165, 1.54) is 0 Å². The number of aliphatic hydroxyl groups excluding tert-OH is 2. The minimum Gasteiger partial charge on any atom is -0.493 e. The molecular weight excluding hydrogens is 566 g/mol. The summed E-state index contributed by atoms with van der Waals surface area (Å²) in [5.41, 5.74) is 2.59. The summed E-state index contributed by atoms with van der Waals surface area (Å²) in [6.45, 7) is 0.845. The van der Waals surface area contributed by atoms with Crippen LogP contribution in [0.1, 0.15) is 11.1 Å². The monoisotopic (exact) mass is 599 g/mol. The molecule has 2 aromatic heterocycles. The Morgan fingerprint density at radius 2 is 1.14 bits per heavy atom. The molecule has 0 saturated carbocycles. The van der Waals surface area contributed by atoms with Crippen LogP contribution in [0.4, 0.5) is 17.6 Å². The Labute approximate surface area is 248 Å². The lowest BCUT2D eigenvalue weighted by Crippen LogP contribution is -2.31. The molecule has 0 unspecified atom stereocenters. The van der Waals surface area contributed by atoms with Crippen molar-refractivity contribution in [3.63, 3.8) is 0 Å². The quantitative estimate of drug-likeness (QED) is 0.148. The summed E-state index contributed by atoms with van der Waals surface area (Å²) in [7, 11) is 6.31. The van der Waals surface area contributed by atoms with E-state index >= 15 is 0 Å². The molecule has 0 bridgehead atoms. The number of nitrogens with zero attached hydrogens (tertiary/aromatic N) is 5. The number of hydrogen-bond donors (Lipinski definition) is 4. The van der Waals surface area contributed by atoms with E-state index in [9.17, 15) is 10.2 Å². The molecule has 0 aliphatic rings. The third kappa shape index (κ3) is 7.11. The molecule has 0 saturated heterocycles. The number of rotatable bonds is 15. The second-order valence-electron chi connectivity index (χ2n) is 8.93. The molecule has 2 heterocycles. The molecule has 224 valence electrons. The van der Waals surface area contributed by atoms with E-state index in [2.05, 4.69) is 20.6 Å². The molecule has 13 nitrogen and oxygen atoms in total. The van der Waals surface area contributed by atoms with Crippen LogP contribution in [0.25, 0.3) is 11.0 Å². The molecule has 0 radical (unpaired) electrons. The van der Waals surface area contributed by atoms with Crippen molar-refractivity contribution in [2.24, 2.45) is 0 Å². The second-order valence-corrected chi connectivity index (χ2v) is 9.27. The van der Waals surface area contributed by atoms with Crippen molar-refractivity contribution in [2.75, 3.05) is 70.3 Å². The lowest BCUT2D eigenvalue weighted by atomic mass is 10.2. The van der Waals surface area contributed by atoms with Crippen molar-refractivity contribution in [1.82, 2.24) is 19.9 Å². The molecule has 0 atom stereocenters. The zero-order valence-corrected chi connectivity index (χ0v) is 24.6. The first-order valence-corrected chi connectivity index (χ1v) is 13.4. The van der Waals surface area contributed by atoms with Gasteiger partial charge in [0.2, 0.25) is 11.2 Å². The number of benzene rings is 2. The van der Waals surface area contributed by atoms with Crippen LogP contribution in [0.15, 0.2) is 36.4 Å². The summed E-state index contributed by atoms with van der Waals surface area (Å²) in [4.78, 5) is 19.9. The summed E-state index contributed by atoms with van der Waals surface area (Å²) < 4.78 is 21.5. The standard InChI is InChI=1S/C28H34ClN7O6/c1-39-19-7-5-17(13-21(19)41-3)15-30-25-24-23(32-27(29)34-25)26(35-28(33-24)36(9-11-37)10-12-38)31-16-18-6-8-20(40-2)22(14-18)42-4/h5-8,13-14,37-38H,9-12,15-16H2,1-4H3,(H,30,32,34)(H,31,33,35). The number of hydrogen-bond acceptors (Lipinski definition) is 13. The molecule has 0 fully saturated rings. The molecule has 4 rings (SSSR count). The number of halogens is 1. The number of methoxy groups -OCH3 is 4. The predicted octanol–water partition coefficient (Wildman–Crippen LogP) is 3.12. The number of fused-ring (bicyclic) bond motifs is 1. The lowest BCUT2D eigenvalue weighted by Gasteiger charge is -2.22. The Hall–Kier alpha value is -4.33. The van der Waals surface area contributed by atoms with E-state index in [-0.39, 0.29) is 37.5 Å². The molecule has 2 aromatic carbocycles. The highest BCUT2D eigenvalue weighted by Crippen LogP contribution is 2.32. The number of nitrogens with one attached hydrogen (secondary N) is 2. The second kappa shape index (κ2) is 14.5. The minimum atomic E-state index is -0.155. The lowest BCUT2D eigenvalue weighted by molar-refractivity contribution is 0.280. The smallest absolute Gasteiger partial charge is 0.228 e. The van der Waals surface area contributed by atoms with Gasteiger partial charge in [-0.15, -0.1) is 0 Å². The van der Waals surface area contributed by atoms with Crippen molar-refractivity contribution in [2.45, 2.75) is 13.1 Å². The third-order valence-corrected chi connectivity index (χ3v) is 6.51. The van der Waals surface area contributed by atoms with Crippen LogP contribution >= 0.6 is 11.6 Å². The zero-order valence-electron chi connectivity index (χ0n) is 23.8. The molecule has 42 heavy (non-hydrogen) atoms. The van der Waals surface area contributed by atoms with E-state index in [4.69, 9.17) is 40.5 Å². The normalized spacial score (nSPS) is 10.8. The highest BCUT2D eigenvalue weighted by atomic mass is 35.5. The molecule has 14 heteroatoms. The largest absolute Gasteiger partial charge is 0.493 e. The average Bonchev–Trinajstić information content (AvgIpc) is 3.01. The van der Waals surface area contributed by atoms with E-state index in [1.54, 1.807) is 33.3 Å². The van der Waals surface area contributed by atoms with Gasteiger partial charge in [-0.05, 0) is 47.0 Å². The topological polar surface area (TPSA) is 156 Å². The van der Waals surface area contributed by atoms with Crippen LogP contribution in [-0.4, -0.2) is 84.9 Å². The summed E-state index contributed by atoms with van der Waals surface area (Å²) in [6.07, 6.45) is 0. The van der Waals surface area contributed by atoms with Gasteiger partial charge in [-0.25, -0.2) is 9.97 Å². The Balaban J connectivity index is 1.74. The Morgan fingerprint density at radius 3 is 1.62 bits per heavy atom. The maximum absolute atomic E-state index is 9.64. The third-order valence-electron chi connectivity index (χ3n) is 6.34. The van der Waals surface area contributed by atoms with Crippen LogP contribution < -0.4 is 34.5 Å². The van der Waals surface area contributed by atoms with Crippen molar-refractivity contribution < 1.29 is 29.2 Å². The van der Waals surface area contributed by atoms with Crippen LogP contribution in [0, 0.1) is 0 Å². The Morgan fingerprint density at radius 1 is 0.667 bits per heavy atom. The SMILES string of the molecule is COc1ccc(CNc2nc(N(CCO)CCO)nc3c(NCc4ccc(OC)c(OC)c4)nc(Cl)nc23)cc1OC. The van der Waals surface area contributed by atoms with E-state index in [0.717, 1.165) is 11.1 Å². The molecule has 0 aliphatic carbocycles. The summed E-state index contributed by atoms with van der Waals surface area (Å²) in [5, 5.41) is 25.9. The van der Waals surface area contributed by atoms with E-state index in [0.29, 0.717) is 58.8 Å². The van der Waals surface area contributed by atoms with Crippen molar-refractivity contribution in [3.8, 4) is 23.0 Å². The van der Waals surface area contributed by atoms with Crippen molar-refractivity contribution in [1.29, 1.82) is 0 Å². The van der Waals surface area contributed by atoms with Gasteiger partial charge in [-0.2, -0.15) is 9.97 Å². The van der Waals surface area contributed by atoms with Gasteiger partial charge in [-0.3, -0.25) is 0 Å². The van der Waals surface area contributed by atoms with Gasteiger partial charge >= 0.3 is 0 Å². The molecule has 0 spiro atoms. The number of aliphatic hydroxyl groups is 2. The summed E-state index contributed by atoms with van der Waals surface area (Å²) in [6, 6.07) is 11.2. The number of ether oxygens (including phenoxy) is 4. The average molecular weight is 600 g/mol. The van der Waals surface area contributed by atoms with Gasteiger partial charge in [0.1, 0.15) is 11.0 Å². The van der Waals surface area contributed by atoms with Crippen molar-refractivity contribution >= 4 is 40.2 Å². The van der Waals surface area contributed by atoms with Gasteiger partial charge in [0.05, 0.1) is 41.7 Å². The Kier molecular flexibility index (Phi) is 10.6. The molecule has 0 aliphatic heterocycles. The van der Waals surface area contributed by atoms with Gasteiger partial charge < -0.3 is 44.7 Å². The van der Waals surface area contributed by atoms with Crippen LogP contribution in [-0.2, 0) is 13.1 Å². The Bertz CT molecular complexity index is 1500. The van der Waals surface area contributed by atoms with E-state index < -0.39 is 0 Å². The minimum absolute atomic E-state index is 0.00500. The highest BCUT2D eigenvalue weighted by Gasteiger charge is 2.19. The summed E-state index contributed by atoms with van der Waals surface area (Å²) >= 11 is 6.37. The number of aromatic nitrogens is 4. The first kappa shape index (κ1) is 30.6. The van der Waals surface area contributed by atoms with Gasteiger partial charge in [0.15, 0.2) is 34.6 Å². The molecular formula is C28H34ClN7O6. The zero-order chi connectivity index (χ0) is 30.1. The fourth-order valence-electron chi connectivity index (χ4n) is 4.27. The fourth-order valence-corrected chi connectivity index (χ4v) is 4.44. The highest BCUT2D eigenvalue weighted by molar-refractivity contribution is 6.29. The first-order chi connectivity index (χ1) is 20.4.